The fourth-order valence-corrected chi connectivity index (χ4v) is 2.12. The fourth-order valence-electron chi connectivity index (χ4n) is 2.12. The van der Waals surface area contributed by atoms with Crippen molar-refractivity contribution in [3.8, 4) is 0 Å². The fraction of sp³-hybridized carbons (Fsp3) is 0.250. The number of hydrogen-bond donors (Lipinski definition) is 2. The van der Waals surface area contributed by atoms with E-state index in [1.165, 1.54) is 31.2 Å². The molecule has 1 heterocycles. The topological polar surface area (TPSA) is 122 Å². The van der Waals surface area contributed by atoms with Gasteiger partial charge in [-0.2, -0.15) is 0 Å². The molecule has 2 atom stereocenters. The summed E-state index contributed by atoms with van der Waals surface area (Å²) < 4.78 is 0. The van der Waals surface area contributed by atoms with Crippen molar-refractivity contribution in [2.45, 2.75) is 13.0 Å². The number of nitro groups is 1. The second-order valence-corrected chi connectivity index (χ2v) is 4.34. The lowest BCUT2D eigenvalue weighted by atomic mass is 9.88. The van der Waals surface area contributed by atoms with Crippen LogP contribution in [0.2, 0.25) is 0 Å². The van der Waals surface area contributed by atoms with Crippen LogP contribution in [-0.4, -0.2) is 27.7 Å². The van der Waals surface area contributed by atoms with E-state index in [-0.39, 0.29) is 11.4 Å². The van der Waals surface area contributed by atoms with Crippen LogP contribution in [0.4, 0.5) is 10.5 Å². The molecule has 1 aliphatic rings. The Morgan fingerprint density at radius 2 is 2.00 bits per heavy atom. The molecule has 2 unspecified atom stereocenters. The Kier molecular flexibility index (Phi) is 3.47. The van der Waals surface area contributed by atoms with E-state index < -0.39 is 28.9 Å². The highest BCUT2D eigenvalue weighted by molar-refractivity contribution is 6.07. The maximum atomic E-state index is 11.4. The normalized spacial score (nSPS) is 21.9. The van der Waals surface area contributed by atoms with Crippen LogP contribution in [0.1, 0.15) is 18.5 Å². The number of rotatable bonds is 3. The molecular weight excluding hydrogens is 266 g/mol. The number of amides is 2. The van der Waals surface area contributed by atoms with Gasteiger partial charge in [0.2, 0.25) is 0 Å². The second-order valence-electron chi connectivity index (χ2n) is 4.34. The smallest absolute Gasteiger partial charge is 0.341 e. The number of benzene rings is 1. The van der Waals surface area contributed by atoms with Gasteiger partial charge >= 0.3 is 12.0 Å². The number of nitrogens with one attached hydrogen (secondary N) is 1. The Morgan fingerprint density at radius 1 is 1.40 bits per heavy atom. The second kappa shape index (κ2) is 5.08. The quantitative estimate of drug-likeness (QED) is 0.640. The Balaban J connectivity index is 2.39. The minimum Gasteiger partial charge on any atom is -0.481 e. The minimum absolute atomic E-state index is 0.104. The van der Waals surface area contributed by atoms with E-state index >= 15 is 0 Å². The largest absolute Gasteiger partial charge is 0.481 e. The highest BCUT2D eigenvalue weighted by atomic mass is 16.6. The molecule has 0 saturated heterocycles. The lowest BCUT2D eigenvalue weighted by Gasteiger charge is -2.28. The van der Waals surface area contributed by atoms with Gasteiger partial charge in [0.15, 0.2) is 0 Å². The van der Waals surface area contributed by atoms with Crippen molar-refractivity contribution in [3.05, 3.63) is 39.9 Å². The molecule has 2 rings (SSSR count). The number of carbonyl (C=O) groups is 2. The van der Waals surface area contributed by atoms with Crippen LogP contribution in [0, 0.1) is 16.0 Å². The third kappa shape index (κ3) is 2.48. The molecule has 104 valence electrons. The first-order chi connectivity index (χ1) is 9.40. The molecule has 1 aromatic carbocycles. The molecule has 0 aromatic heterocycles. The van der Waals surface area contributed by atoms with E-state index in [2.05, 4.69) is 10.3 Å². The summed E-state index contributed by atoms with van der Waals surface area (Å²) in [6.07, 6.45) is 0. The molecule has 8 nitrogen and oxygen atoms in total. The molecule has 0 bridgehead atoms. The van der Waals surface area contributed by atoms with Crippen molar-refractivity contribution in [3.63, 3.8) is 0 Å². The molecule has 0 spiro atoms. The summed E-state index contributed by atoms with van der Waals surface area (Å²) in [6, 6.07) is 3.97. The summed E-state index contributed by atoms with van der Waals surface area (Å²) in [7, 11) is 0. The number of nitro benzene ring substituents is 1. The number of carboxylic acid groups (broad SMARTS) is 1. The Bertz CT molecular complexity index is 608. The summed E-state index contributed by atoms with van der Waals surface area (Å²) >= 11 is 0. The van der Waals surface area contributed by atoms with E-state index in [1.54, 1.807) is 0 Å². The first-order valence-corrected chi connectivity index (χ1v) is 5.73. The maximum Gasteiger partial charge on any atom is 0.341 e. The third-order valence-electron chi connectivity index (χ3n) is 3.07. The SMILES string of the molecule is CC1=NC(=O)NC(c2ccc([N+](=O)[O-])cc2)C1C(=O)O. The minimum atomic E-state index is -1.12. The van der Waals surface area contributed by atoms with Gasteiger partial charge in [-0.25, -0.2) is 9.79 Å². The van der Waals surface area contributed by atoms with Gasteiger partial charge < -0.3 is 10.4 Å². The number of aliphatic carboxylic acids is 1. The highest BCUT2D eigenvalue weighted by Crippen LogP contribution is 2.28. The summed E-state index contributed by atoms with van der Waals surface area (Å²) in [6.45, 7) is 1.47. The molecule has 20 heavy (non-hydrogen) atoms. The lowest BCUT2D eigenvalue weighted by molar-refractivity contribution is -0.384. The van der Waals surface area contributed by atoms with Crippen molar-refractivity contribution in [2.75, 3.05) is 0 Å². The van der Waals surface area contributed by atoms with Gasteiger partial charge in [-0.05, 0) is 12.5 Å². The lowest BCUT2D eigenvalue weighted by Crippen LogP contribution is -2.43. The number of nitrogens with zero attached hydrogens (tertiary/aromatic N) is 2. The molecule has 8 heteroatoms. The number of aliphatic imine (C=N–C) groups is 1. The van der Waals surface area contributed by atoms with Crippen LogP contribution >= 0.6 is 0 Å². The van der Waals surface area contributed by atoms with Crippen LogP contribution in [0.15, 0.2) is 29.3 Å². The Morgan fingerprint density at radius 3 is 2.50 bits per heavy atom. The maximum absolute atomic E-state index is 11.4. The first-order valence-electron chi connectivity index (χ1n) is 5.73. The Labute approximate surface area is 113 Å². The molecule has 0 saturated carbocycles. The summed E-state index contributed by atoms with van der Waals surface area (Å²) in [5.74, 6) is -2.11. The van der Waals surface area contributed by atoms with Gasteiger partial charge in [0.1, 0.15) is 5.92 Å². The van der Waals surface area contributed by atoms with Crippen LogP contribution in [-0.2, 0) is 4.79 Å². The predicted octanol–water partition coefficient (Wildman–Crippen LogP) is 1.52. The van der Waals surface area contributed by atoms with E-state index in [0.29, 0.717) is 5.56 Å². The number of hydrogen-bond acceptors (Lipinski definition) is 4. The zero-order chi connectivity index (χ0) is 14.9. The monoisotopic (exact) mass is 277 g/mol. The van der Waals surface area contributed by atoms with Crippen molar-refractivity contribution in [1.29, 1.82) is 0 Å². The molecule has 2 N–H and O–H groups in total. The zero-order valence-electron chi connectivity index (χ0n) is 10.4. The van der Waals surface area contributed by atoms with Crippen molar-refractivity contribution in [1.82, 2.24) is 5.32 Å². The average Bonchev–Trinajstić information content (AvgIpc) is 2.37. The van der Waals surface area contributed by atoms with Gasteiger partial charge in [-0.3, -0.25) is 14.9 Å². The molecule has 0 aliphatic carbocycles. The summed E-state index contributed by atoms with van der Waals surface area (Å²) in [5.41, 5.74) is 0.573. The van der Waals surface area contributed by atoms with Gasteiger partial charge in [-0.15, -0.1) is 0 Å². The van der Waals surface area contributed by atoms with Gasteiger partial charge in [0.25, 0.3) is 5.69 Å². The van der Waals surface area contributed by atoms with Crippen LogP contribution in [0.3, 0.4) is 0 Å². The number of non-ortho nitro benzene ring substituents is 1. The van der Waals surface area contributed by atoms with Gasteiger partial charge in [0, 0.05) is 17.8 Å². The summed E-state index contributed by atoms with van der Waals surface area (Å²) in [4.78, 5) is 36.3. The molecule has 1 aliphatic heterocycles. The molecule has 0 fully saturated rings. The van der Waals surface area contributed by atoms with Crippen molar-refractivity contribution in [2.24, 2.45) is 10.9 Å². The summed E-state index contributed by atoms with van der Waals surface area (Å²) in [5, 5.41) is 22.3. The molecular formula is C12H11N3O5. The standard InChI is InChI=1S/C12H11N3O5/c1-6-9(11(16)17)10(14-12(18)13-6)7-2-4-8(5-3-7)15(19)20/h2-5,9-10H,1H3,(H,14,18)(H,16,17). The molecule has 2 amide bonds. The zero-order valence-corrected chi connectivity index (χ0v) is 10.4. The van der Waals surface area contributed by atoms with E-state index in [9.17, 15) is 24.8 Å². The molecule has 1 aromatic rings. The van der Waals surface area contributed by atoms with Crippen molar-refractivity contribution < 1.29 is 19.6 Å². The van der Waals surface area contributed by atoms with E-state index in [0.717, 1.165) is 0 Å². The number of carboxylic acids is 1. The van der Waals surface area contributed by atoms with Gasteiger partial charge in [-0.1, -0.05) is 12.1 Å². The van der Waals surface area contributed by atoms with Crippen LogP contribution < -0.4 is 5.32 Å². The van der Waals surface area contributed by atoms with Crippen molar-refractivity contribution >= 4 is 23.4 Å². The highest BCUT2D eigenvalue weighted by Gasteiger charge is 2.36. The predicted molar refractivity (Wildman–Crippen MR) is 68.6 cm³/mol. The van der Waals surface area contributed by atoms with Crippen LogP contribution in [0.5, 0.6) is 0 Å². The van der Waals surface area contributed by atoms with E-state index in [1.807, 2.05) is 0 Å². The van der Waals surface area contributed by atoms with Gasteiger partial charge in [0.05, 0.1) is 11.0 Å². The number of carbonyl (C=O) groups excluding carboxylic acids is 1. The molecule has 0 radical (unpaired) electrons. The Hall–Kier alpha value is -2.77. The van der Waals surface area contributed by atoms with Crippen LogP contribution in [0.25, 0.3) is 0 Å². The third-order valence-corrected chi connectivity index (χ3v) is 3.07. The number of urea groups is 1. The first kappa shape index (κ1) is 13.7. The average molecular weight is 277 g/mol. The van der Waals surface area contributed by atoms with E-state index in [4.69, 9.17) is 0 Å².